The molecule has 37 heavy (non-hydrogen) atoms. The molecule has 196 valence electrons. The Labute approximate surface area is 215 Å². The van der Waals surface area contributed by atoms with E-state index in [9.17, 15) is 14.4 Å². The Morgan fingerprint density at radius 3 is 2.46 bits per heavy atom. The molecule has 5 N–H and O–H groups in total. The maximum Gasteiger partial charge on any atom is 0.324 e. The number of likely N-dealkylation sites (N-methyl/N-ethyl adjacent to an activating group) is 1. The number of aromatic amines is 1. The quantitative estimate of drug-likeness (QED) is 0.350. The molecule has 1 aliphatic heterocycles. The number of primary amides is 1. The summed E-state index contributed by atoms with van der Waals surface area (Å²) < 4.78 is 5.75. The van der Waals surface area contributed by atoms with E-state index in [2.05, 4.69) is 32.4 Å². The number of aryl methyl sites for hydroxylation is 1. The predicted octanol–water partition coefficient (Wildman–Crippen LogP) is 3.07. The summed E-state index contributed by atoms with van der Waals surface area (Å²) in [5.74, 6) is 0.187. The number of aromatic nitrogens is 2. The van der Waals surface area contributed by atoms with E-state index in [0.29, 0.717) is 30.4 Å². The zero-order chi connectivity index (χ0) is 26.4. The van der Waals surface area contributed by atoms with E-state index >= 15 is 0 Å². The van der Waals surface area contributed by atoms with Gasteiger partial charge in [0.25, 0.3) is 11.8 Å². The van der Waals surface area contributed by atoms with Crippen LogP contribution in [0.4, 0.5) is 16.3 Å². The number of unbranched alkanes of at least 4 members (excludes halogenated alkanes) is 1. The molecule has 4 rings (SSSR count). The fraction of sp³-hybridized carbons (Fsp3) is 0.385. The lowest BCUT2D eigenvalue weighted by Gasteiger charge is -2.31. The Morgan fingerprint density at radius 1 is 1.05 bits per heavy atom. The van der Waals surface area contributed by atoms with E-state index in [0.717, 1.165) is 32.4 Å². The number of benzene rings is 1. The van der Waals surface area contributed by atoms with E-state index < -0.39 is 11.9 Å². The van der Waals surface area contributed by atoms with Gasteiger partial charge in [-0.25, -0.2) is 9.78 Å². The summed E-state index contributed by atoms with van der Waals surface area (Å²) in [6.45, 7) is 5.06. The molecule has 1 aromatic carbocycles. The van der Waals surface area contributed by atoms with Crippen LogP contribution in [-0.4, -0.2) is 70.8 Å². The first-order chi connectivity index (χ1) is 17.8. The summed E-state index contributed by atoms with van der Waals surface area (Å²) in [6, 6.07) is 10.4. The fourth-order valence-electron chi connectivity index (χ4n) is 4.10. The molecule has 3 aromatic rings. The van der Waals surface area contributed by atoms with Crippen LogP contribution in [0.3, 0.4) is 0 Å². The summed E-state index contributed by atoms with van der Waals surface area (Å²) in [5.41, 5.74) is 7.27. The number of carbonyl (C=O) groups excluding carboxylic acids is 3. The molecule has 1 fully saturated rings. The highest BCUT2D eigenvalue weighted by Gasteiger charge is 2.24. The number of urea groups is 1. The molecule has 0 bridgehead atoms. The lowest BCUT2D eigenvalue weighted by atomic mass is 10.1. The van der Waals surface area contributed by atoms with Crippen molar-refractivity contribution in [1.82, 2.24) is 19.8 Å². The van der Waals surface area contributed by atoms with Crippen molar-refractivity contribution in [3.8, 4) is 0 Å². The highest BCUT2D eigenvalue weighted by Crippen LogP contribution is 2.19. The van der Waals surface area contributed by atoms with Crippen LogP contribution < -0.4 is 16.4 Å². The molecule has 0 aliphatic carbocycles. The van der Waals surface area contributed by atoms with E-state index in [-0.39, 0.29) is 29.6 Å². The second-order valence-electron chi connectivity index (χ2n) is 9.19. The first-order valence-corrected chi connectivity index (χ1v) is 12.4. The van der Waals surface area contributed by atoms with Gasteiger partial charge < -0.3 is 30.3 Å². The Hall–Kier alpha value is -4.12. The molecule has 4 amide bonds. The monoisotopic (exact) mass is 507 g/mol. The number of imidazole rings is 1. The zero-order valence-corrected chi connectivity index (χ0v) is 21.2. The molecule has 1 saturated heterocycles. The molecule has 0 saturated carbocycles. The van der Waals surface area contributed by atoms with Crippen LogP contribution in [0.25, 0.3) is 0 Å². The van der Waals surface area contributed by atoms with E-state index in [4.69, 9.17) is 10.2 Å². The minimum atomic E-state index is -0.764. The minimum Gasteiger partial charge on any atom is -0.455 e. The Morgan fingerprint density at radius 2 is 1.78 bits per heavy atom. The third-order valence-corrected chi connectivity index (χ3v) is 6.27. The van der Waals surface area contributed by atoms with Gasteiger partial charge in [0.2, 0.25) is 0 Å². The highest BCUT2D eigenvalue weighted by atomic mass is 16.4. The van der Waals surface area contributed by atoms with Crippen LogP contribution in [0.1, 0.15) is 58.0 Å². The maximum absolute atomic E-state index is 12.7. The average molecular weight is 508 g/mol. The number of piperazine rings is 1. The van der Waals surface area contributed by atoms with Gasteiger partial charge in [0.05, 0.1) is 6.42 Å². The molecule has 0 atom stereocenters. The second kappa shape index (κ2) is 11.7. The van der Waals surface area contributed by atoms with Crippen molar-refractivity contribution in [2.45, 2.75) is 32.6 Å². The minimum absolute atomic E-state index is 0.0138. The van der Waals surface area contributed by atoms with Crippen molar-refractivity contribution in [3.63, 3.8) is 0 Å². The van der Waals surface area contributed by atoms with Gasteiger partial charge in [0.15, 0.2) is 11.6 Å². The van der Waals surface area contributed by atoms with Gasteiger partial charge in [-0.3, -0.25) is 14.9 Å². The molecule has 11 nitrogen and oxygen atoms in total. The Bertz CT molecular complexity index is 1240. The molecule has 0 radical (unpaired) electrons. The first-order valence-electron chi connectivity index (χ1n) is 12.4. The number of carbonyl (C=O) groups is 3. The summed E-state index contributed by atoms with van der Waals surface area (Å²) in [5, 5.41) is 5.31. The molecule has 3 heterocycles. The molecular weight excluding hydrogens is 474 g/mol. The number of hydrogen-bond acceptors (Lipinski definition) is 6. The third-order valence-electron chi connectivity index (χ3n) is 6.27. The normalized spacial score (nSPS) is 13.9. The summed E-state index contributed by atoms with van der Waals surface area (Å²) in [7, 11) is 2.02. The number of amides is 4. The third kappa shape index (κ3) is 6.76. The predicted molar refractivity (Wildman–Crippen MR) is 140 cm³/mol. The van der Waals surface area contributed by atoms with Crippen LogP contribution in [0, 0.1) is 0 Å². The smallest absolute Gasteiger partial charge is 0.324 e. The van der Waals surface area contributed by atoms with E-state index in [1.807, 2.05) is 31.3 Å². The largest absolute Gasteiger partial charge is 0.455 e. The number of nitrogens with zero attached hydrogens (tertiary/aromatic N) is 3. The second-order valence-corrected chi connectivity index (χ2v) is 9.19. The van der Waals surface area contributed by atoms with Crippen molar-refractivity contribution in [1.29, 1.82) is 0 Å². The van der Waals surface area contributed by atoms with Gasteiger partial charge in [0.1, 0.15) is 17.3 Å². The van der Waals surface area contributed by atoms with Gasteiger partial charge in [-0.1, -0.05) is 25.5 Å². The van der Waals surface area contributed by atoms with Crippen LogP contribution >= 0.6 is 0 Å². The molecule has 0 spiro atoms. The highest BCUT2D eigenvalue weighted by molar-refractivity contribution is 6.04. The molecule has 0 unspecified atom stereocenters. The molecular formula is C26H33N7O4. The fourth-order valence-corrected chi connectivity index (χ4v) is 4.10. The average Bonchev–Trinajstić information content (AvgIpc) is 3.51. The van der Waals surface area contributed by atoms with E-state index in [1.54, 1.807) is 17.0 Å². The zero-order valence-electron chi connectivity index (χ0n) is 21.2. The number of nitrogens with one attached hydrogen (secondary N) is 3. The van der Waals surface area contributed by atoms with Gasteiger partial charge in [-0.2, -0.15) is 0 Å². The van der Waals surface area contributed by atoms with Gasteiger partial charge in [-0.05, 0) is 49.7 Å². The SMILES string of the molecule is CCCCc1ccc(NC(=O)Nc2nc(Cc3ccc(C(=O)N4CCN(C)CC4)o3)[nH]c2C(N)=O)cc1. The maximum atomic E-state index is 12.7. The van der Waals surface area contributed by atoms with Crippen molar-refractivity contribution in [2.24, 2.45) is 5.73 Å². The number of furan rings is 1. The summed E-state index contributed by atoms with van der Waals surface area (Å²) in [6.07, 6.45) is 3.39. The Balaban J connectivity index is 1.38. The van der Waals surface area contributed by atoms with Crippen LogP contribution in [-0.2, 0) is 12.8 Å². The van der Waals surface area contributed by atoms with E-state index in [1.165, 1.54) is 5.56 Å². The lowest BCUT2D eigenvalue weighted by molar-refractivity contribution is 0.0630. The number of hydrogen-bond donors (Lipinski definition) is 4. The number of anilines is 2. The van der Waals surface area contributed by atoms with Gasteiger partial charge in [-0.15, -0.1) is 0 Å². The van der Waals surface area contributed by atoms with Crippen LogP contribution in [0.5, 0.6) is 0 Å². The topological polar surface area (TPSA) is 150 Å². The van der Waals surface area contributed by atoms with Crippen LogP contribution in [0.2, 0.25) is 0 Å². The van der Waals surface area contributed by atoms with Gasteiger partial charge >= 0.3 is 6.03 Å². The number of nitrogens with two attached hydrogens (primary N) is 1. The van der Waals surface area contributed by atoms with Crippen LogP contribution in [0.15, 0.2) is 40.8 Å². The number of rotatable bonds is 9. The van der Waals surface area contributed by atoms with Crippen molar-refractivity contribution in [2.75, 3.05) is 43.9 Å². The molecule has 1 aliphatic rings. The lowest BCUT2D eigenvalue weighted by Crippen LogP contribution is -2.47. The molecule has 2 aromatic heterocycles. The Kier molecular flexibility index (Phi) is 8.24. The van der Waals surface area contributed by atoms with Gasteiger partial charge in [0, 0.05) is 31.9 Å². The van der Waals surface area contributed by atoms with Crippen molar-refractivity contribution >= 4 is 29.4 Å². The standard InChI is InChI=1S/C26H33N7O4/c1-3-4-5-17-6-8-18(9-7-17)28-26(36)31-24-22(23(27)34)29-21(30-24)16-19-10-11-20(37-19)25(35)33-14-12-32(2)13-15-33/h6-11H,3-5,12-16H2,1-2H3,(H2,27,34)(H,29,30)(H2,28,31,36). The first kappa shape index (κ1) is 26.0. The van der Waals surface area contributed by atoms with Crippen molar-refractivity contribution < 1.29 is 18.8 Å². The summed E-state index contributed by atoms with van der Waals surface area (Å²) >= 11 is 0. The summed E-state index contributed by atoms with van der Waals surface area (Å²) in [4.78, 5) is 48.3. The van der Waals surface area contributed by atoms with Crippen molar-refractivity contribution in [3.05, 3.63) is 65.0 Å². The molecule has 11 heteroatoms. The number of H-pyrrole nitrogens is 1.